The molecule has 2 amide bonds. The number of anilines is 1. The van der Waals surface area contributed by atoms with Gasteiger partial charge in [0.1, 0.15) is 0 Å². The van der Waals surface area contributed by atoms with Crippen LogP contribution < -0.4 is 4.90 Å². The summed E-state index contributed by atoms with van der Waals surface area (Å²) in [5, 5.41) is 0. The summed E-state index contributed by atoms with van der Waals surface area (Å²) < 4.78 is 0. The summed E-state index contributed by atoms with van der Waals surface area (Å²) in [5.74, 6) is -0.0851. The Bertz CT molecular complexity index is 619. The summed E-state index contributed by atoms with van der Waals surface area (Å²) in [6.07, 6.45) is 2.44. The van der Waals surface area contributed by atoms with Crippen molar-refractivity contribution in [3.63, 3.8) is 0 Å². The average molecular weight is 285 g/mol. The zero-order valence-electron chi connectivity index (χ0n) is 13.3. The van der Waals surface area contributed by atoms with E-state index in [0.29, 0.717) is 0 Å². The van der Waals surface area contributed by atoms with Crippen molar-refractivity contribution < 1.29 is 9.59 Å². The molecule has 0 spiro atoms. The number of amides is 2. The van der Waals surface area contributed by atoms with Crippen LogP contribution in [0.3, 0.4) is 0 Å². The molecule has 1 aliphatic carbocycles. The summed E-state index contributed by atoms with van der Waals surface area (Å²) in [6, 6.07) is 7.76. The summed E-state index contributed by atoms with van der Waals surface area (Å²) in [5.41, 5.74) is 1.15. The Kier molecular flexibility index (Phi) is 3.01. The maximum atomic E-state index is 13.1. The van der Waals surface area contributed by atoms with Gasteiger partial charge >= 0.3 is 0 Å². The van der Waals surface area contributed by atoms with Gasteiger partial charge in [0, 0.05) is 5.92 Å². The molecule has 3 nitrogen and oxygen atoms in total. The van der Waals surface area contributed by atoms with E-state index in [-0.39, 0.29) is 23.1 Å². The topological polar surface area (TPSA) is 37.4 Å². The molecule has 1 aliphatic heterocycles. The highest BCUT2D eigenvalue weighted by Crippen LogP contribution is 2.60. The van der Waals surface area contributed by atoms with Crippen LogP contribution in [0, 0.1) is 16.7 Å². The lowest BCUT2D eigenvalue weighted by Gasteiger charge is -2.47. The van der Waals surface area contributed by atoms with Crippen LogP contribution in [0.15, 0.2) is 24.3 Å². The number of rotatable bonds is 2. The highest BCUT2D eigenvalue weighted by molar-refractivity contribution is 6.20. The van der Waals surface area contributed by atoms with Crippen molar-refractivity contribution in [1.29, 1.82) is 0 Å². The first-order chi connectivity index (χ1) is 9.84. The van der Waals surface area contributed by atoms with E-state index < -0.39 is 5.41 Å². The number of para-hydroxylation sites is 1. The first-order valence-corrected chi connectivity index (χ1v) is 7.81. The molecule has 1 heterocycles. The third-order valence-corrected chi connectivity index (χ3v) is 6.03. The van der Waals surface area contributed by atoms with E-state index in [4.69, 9.17) is 0 Å². The molecule has 1 saturated carbocycles. The molecular formula is C18H23NO2. The summed E-state index contributed by atoms with van der Waals surface area (Å²) in [6.45, 7) is 8.23. The highest BCUT2D eigenvalue weighted by Gasteiger charge is 2.64. The predicted molar refractivity (Wildman–Crippen MR) is 82.9 cm³/mol. The van der Waals surface area contributed by atoms with Crippen LogP contribution in [-0.2, 0) is 16.0 Å². The molecule has 112 valence electrons. The van der Waals surface area contributed by atoms with Gasteiger partial charge in [0.15, 0.2) is 0 Å². The summed E-state index contributed by atoms with van der Waals surface area (Å²) >= 11 is 0. The van der Waals surface area contributed by atoms with Crippen molar-refractivity contribution >= 4 is 17.5 Å². The van der Waals surface area contributed by atoms with Crippen LogP contribution in [0.2, 0.25) is 0 Å². The maximum Gasteiger partial charge on any atom is 0.240 e. The summed E-state index contributed by atoms with van der Waals surface area (Å²) in [4.78, 5) is 27.5. The Hall–Kier alpha value is -1.64. The number of imide groups is 1. The van der Waals surface area contributed by atoms with Gasteiger partial charge in [-0.3, -0.25) is 9.59 Å². The fourth-order valence-corrected chi connectivity index (χ4v) is 4.07. The van der Waals surface area contributed by atoms with Crippen molar-refractivity contribution in [2.24, 2.45) is 16.7 Å². The second-order valence-corrected chi connectivity index (χ2v) is 7.11. The largest absolute Gasteiger partial charge is 0.274 e. The zero-order chi connectivity index (χ0) is 15.4. The number of aryl methyl sites for hydroxylation is 1. The lowest BCUT2D eigenvalue weighted by atomic mass is 9.62. The number of hydrogen-bond donors (Lipinski definition) is 0. The first kappa shape index (κ1) is 14.3. The molecular weight excluding hydrogens is 262 g/mol. The van der Waals surface area contributed by atoms with Gasteiger partial charge in [0.2, 0.25) is 11.8 Å². The molecule has 3 heteroatoms. The molecule has 0 aromatic heterocycles. The molecule has 0 radical (unpaired) electrons. The van der Waals surface area contributed by atoms with Crippen molar-refractivity contribution in [1.82, 2.24) is 0 Å². The third-order valence-electron chi connectivity index (χ3n) is 6.03. The predicted octanol–water partition coefficient (Wildman–Crippen LogP) is 3.56. The lowest BCUT2D eigenvalue weighted by Crippen LogP contribution is -2.59. The van der Waals surface area contributed by atoms with Gasteiger partial charge in [0.25, 0.3) is 0 Å². The molecule has 3 rings (SSSR count). The van der Waals surface area contributed by atoms with Gasteiger partial charge in [-0.05, 0) is 36.3 Å². The second-order valence-electron chi connectivity index (χ2n) is 7.11. The van der Waals surface area contributed by atoms with E-state index in [1.165, 1.54) is 4.90 Å². The molecule has 21 heavy (non-hydrogen) atoms. The minimum absolute atomic E-state index is 0.0131. The smallest absolute Gasteiger partial charge is 0.240 e. The first-order valence-electron chi connectivity index (χ1n) is 7.81. The van der Waals surface area contributed by atoms with Crippen molar-refractivity contribution in [3.8, 4) is 0 Å². The maximum absolute atomic E-state index is 13.1. The molecule has 2 aliphatic rings. The number of carbonyl (C=O) groups is 2. The van der Waals surface area contributed by atoms with Crippen LogP contribution in [0.5, 0.6) is 0 Å². The van der Waals surface area contributed by atoms with Crippen LogP contribution >= 0.6 is 0 Å². The minimum atomic E-state index is -0.438. The molecule has 1 saturated heterocycles. The van der Waals surface area contributed by atoms with Crippen LogP contribution in [0.25, 0.3) is 0 Å². The molecule has 1 aromatic rings. The van der Waals surface area contributed by atoms with Gasteiger partial charge in [0.05, 0.1) is 11.1 Å². The lowest BCUT2D eigenvalue weighted by molar-refractivity contribution is -0.146. The molecule has 0 unspecified atom stereocenters. The Morgan fingerprint density at radius 2 is 1.86 bits per heavy atom. The van der Waals surface area contributed by atoms with E-state index in [9.17, 15) is 9.59 Å². The molecule has 2 atom stereocenters. The monoisotopic (exact) mass is 285 g/mol. The molecule has 1 aromatic carbocycles. The van der Waals surface area contributed by atoms with E-state index in [1.807, 2.05) is 31.2 Å². The standard InChI is InChI=1S/C18H23NO2/c1-5-12-8-6-7-9-14(12)19-15(20)13-10-11-18(4,16(19)21)17(13,2)3/h6-9,13H,5,10-11H2,1-4H3/t13-,18-/m1/s1. The van der Waals surface area contributed by atoms with Crippen LogP contribution in [0.1, 0.15) is 46.1 Å². The number of piperidine rings is 1. The van der Waals surface area contributed by atoms with Crippen LogP contribution in [-0.4, -0.2) is 11.8 Å². The molecule has 0 N–H and O–H groups in total. The van der Waals surface area contributed by atoms with E-state index in [1.54, 1.807) is 0 Å². The van der Waals surface area contributed by atoms with Crippen LogP contribution in [0.4, 0.5) is 5.69 Å². The highest BCUT2D eigenvalue weighted by atomic mass is 16.2. The van der Waals surface area contributed by atoms with E-state index in [2.05, 4.69) is 20.8 Å². The fourth-order valence-electron chi connectivity index (χ4n) is 4.07. The van der Waals surface area contributed by atoms with Crippen molar-refractivity contribution in [3.05, 3.63) is 29.8 Å². The third kappa shape index (κ3) is 1.66. The number of benzene rings is 1. The quantitative estimate of drug-likeness (QED) is 0.779. The van der Waals surface area contributed by atoms with Crippen molar-refractivity contribution in [2.45, 2.75) is 47.0 Å². The van der Waals surface area contributed by atoms with Gasteiger partial charge in [-0.15, -0.1) is 0 Å². The Morgan fingerprint density at radius 3 is 2.52 bits per heavy atom. The summed E-state index contributed by atoms with van der Waals surface area (Å²) in [7, 11) is 0. The SMILES string of the molecule is CCc1ccccc1N1C(=O)[C@H]2CC[C@](C)(C1=O)C2(C)C. The normalized spacial score (nSPS) is 30.9. The minimum Gasteiger partial charge on any atom is -0.274 e. The zero-order valence-corrected chi connectivity index (χ0v) is 13.3. The second kappa shape index (κ2) is 4.43. The number of fused-ring (bicyclic) bond motifs is 2. The number of nitrogens with zero attached hydrogens (tertiary/aromatic N) is 1. The molecule has 2 bridgehead atoms. The van der Waals surface area contributed by atoms with Gasteiger partial charge in [-0.25, -0.2) is 4.90 Å². The van der Waals surface area contributed by atoms with Gasteiger partial charge < -0.3 is 0 Å². The Morgan fingerprint density at radius 1 is 1.19 bits per heavy atom. The Labute approximate surface area is 126 Å². The average Bonchev–Trinajstić information content (AvgIpc) is 2.64. The van der Waals surface area contributed by atoms with E-state index in [0.717, 1.165) is 30.5 Å². The Balaban J connectivity index is 2.14. The van der Waals surface area contributed by atoms with Gasteiger partial charge in [-0.2, -0.15) is 0 Å². The number of carbonyl (C=O) groups excluding carboxylic acids is 2. The number of hydrogen-bond acceptors (Lipinski definition) is 2. The van der Waals surface area contributed by atoms with Crippen molar-refractivity contribution in [2.75, 3.05) is 4.90 Å². The fraction of sp³-hybridized carbons (Fsp3) is 0.556. The van der Waals surface area contributed by atoms with Gasteiger partial charge in [-0.1, -0.05) is 45.9 Å². The van der Waals surface area contributed by atoms with E-state index >= 15 is 0 Å². The molecule has 2 fully saturated rings.